The van der Waals surface area contributed by atoms with Crippen molar-refractivity contribution < 1.29 is 9.53 Å². The van der Waals surface area contributed by atoms with Gasteiger partial charge in [0, 0.05) is 12.1 Å². The summed E-state index contributed by atoms with van der Waals surface area (Å²) in [4.78, 5) is 12.7. The zero-order valence-electron chi connectivity index (χ0n) is 11.0. The van der Waals surface area contributed by atoms with Gasteiger partial charge in [0.25, 0.3) is 0 Å². The number of benzene rings is 2. The van der Waals surface area contributed by atoms with Gasteiger partial charge < -0.3 is 9.64 Å². The molecule has 0 spiro atoms. The summed E-state index contributed by atoms with van der Waals surface area (Å²) in [5.41, 5.74) is 3.07. The largest absolute Gasteiger partial charge is 0.489 e. The standard InChI is InChI=1S/C17H15NO2/c19-13-18-10-4-7-15-11-16(8-9-17(15)18)20-12-14-5-2-1-3-6-14/h1-9,11,13H,10,12H2. The number of anilines is 1. The maximum absolute atomic E-state index is 11.0. The minimum atomic E-state index is 0.542. The Morgan fingerprint density at radius 3 is 2.80 bits per heavy atom. The van der Waals surface area contributed by atoms with Crippen LogP contribution in [0.15, 0.2) is 54.6 Å². The highest BCUT2D eigenvalue weighted by Gasteiger charge is 2.12. The summed E-state index contributed by atoms with van der Waals surface area (Å²) in [6.45, 7) is 1.17. The zero-order valence-corrected chi connectivity index (χ0v) is 11.0. The van der Waals surface area contributed by atoms with Crippen molar-refractivity contribution in [1.82, 2.24) is 0 Å². The van der Waals surface area contributed by atoms with Crippen LogP contribution in [0.2, 0.25) is 0 Å². The number of amides is 1. The molecule has 0 bridgehead atoms. The second-order valence-electron chi connectivity index (χ2n) is 4.66. The van der Waals surface area contributed by atoms with Gasteiger partial charge in [0.2, 0.25) is 6.41 Å². The molecule has 100 valence electrons. The van der Waals surface area contributed by atoms with Crippen LogP contribution in [-0.4, -0.2) is 13.0 Å². The van der Waals surface area contributed by atoms with E-state index in [4.69, 9.17) is 4.74 Å². The van der Waals surface area contributed by atoms with Crippen molar-refractivity contribution in [2.75, 3.05) is 11.4 Å². The quantitative estimate of drug-likeness (QED) is 0.794. The van der Waals surface area contributed by atoms with Gasteiger partial charge in [-0.25, -0.2) is 0 Å². The highest BCUT2D eigenvalue weighted by Crippen LogP contribution is 2.29. The number of carbonyl (C=O) groups excluding carboxylic acids is 1. The highest BCUT2D eigenvalue weighted by atomic mass is 16.5. The van der Waals surface area contributed by atoms with E-state index in [1.807, 2.05) is 60.7 Å². The molecular formula is C17H15NO2. The van der Waals surface area contributed by atoms with E-state index < -0.39 is 0 Å². The van der Waals surface area contributed by atoms with E-state index >= 15 is 0 Å². The Bertz CT molecular complexity index is 635. The highest BCUT2D eigenvalue weighted by molar-refractivity contribution is 5.84. The summed E-state index contributed by atoms with van der Waals surface area (Å²) in [5, 5.41) is 0. The molecule has 0 N–H and O–H groups in total. The summed E-state index contributed by atoms with van der Waals surface area (Å²) in [6, 6.07) is 15.8. The van der Waals surface area contributed by atoms with Crippen molar-refractivity contribution in [3.63, 3.8) is 0 Å². The first kappa shape index (κ1) is 12.5. The van der Waals surface area contributed by atoms with Crippen LogP contribution in [0.1, 0.15) is 11.1 Å². The van der Waals surface area contributed by atoms with Crippen LogP contribution in [0.3, 0.4) is 0 Å². The lowest BCUT2D eigenvalue weighted by Gasteiger charge is -2.22. The molecule has 0 radical (unpaired) electrons. The van der Waals surface area contributed by atoms with Crippen molar-refractivity contribution >= 4 is 18.2 Å². The van der Waals surface area contributed by atoms with Gasteiger partial charge in [-0.2, -0.15) is 0 Å². The molecule has 0 aromatic heterocycles. The van der Waals surface area contributed by atoms with Gasteiger partial charge in [-0.05, 0) is 23.8 Å². The van der Waals surface area contributed by atoms with E-state index in [1.165, 1.54) is 0 Å². The molecule has 2 aromatic carbocycles. The average Bonchev–Trinajstić information content (AvgIpc) is 2.53. The fourth-order valence-corrected chi connectivity index (χ4v) is 2.25. The Morgan fingerprint density at radius 1 is 1.15 bits per heavy atom. The smallest absolute Gasteiger partial charge is 0.214 e. The van der Waals surface area contributed by atoms with E-state index in [2.05, 4.69) is 0 Å². The van der Waals surface area contributed by atoms with Crippen molar-refractivity contribution in [3.05, 3.63) is 65.7 Å². The molecule has 20 heavy (non-hydrogen) atoms. The molecule has 0 saturated carbocycles. The van der Waals surface area contributed by atoms with Crippen LogP contribution >= 0.6 is 0 Å². The summed E-state index contributed by atoms with van der Waals surface area (Å²) in [5.74, 6) is 0.810. The molecule has 3 rings (SSSR count). The van der Waals surface area contributed by atoms with Gasteiger partial charge >= 0.3 is 0 Å². The maximum atomic E-state index is 11.0. The molecule has 3 heteroatoms. The fraction of sp³-hybridized carbons (Fsp3) is 0.118. The third-order valence-electron chi connectivity index (χ3n) is 3.28. The molecule has 0 fully saturated rings. The lowest BCUT2D eigenvalue weighted by molar-refractivity contribution is -0.107. The summed E-state index contributed by atoms with van der Waals surface area (Å²) < 4.78 is 5.79. The Morgan fingerprint density at radius 2 is 2.00 bits per heavy atom. The van der Waals surface area contributed by atoms with Gasteiger partial charge in [-0.15, -0.1) is 0 Å². The molecule has 0 unspecified atom stereocenters. The molecule has 2 aromatic rings. The number of carbonyl (C=O) groups is 1. The van der Waals surface area contributed by atoms with Gasteiger partial charge in [-0.1, -0.05) is 42.5 Å². The average molecular weight is 265 g/mol. The molecule has 1 aliphatic heterocycles. The molecule has 1 aliphatic rings. The van der Waals surface area contributed by atoms with Crippen molar-refractivity contribution in [2.45, 2.75) is 6.61 Å². The van der Waals surface area contributed by atoms with E-state index in [-0.39, 0.29) is 0 Å². The van der Waals surface area contributed by atoms with Crippen molar-refractivity contribution in [1.29, 1.82) is 0 Å². The topological polar surface area (TPSA) is 29.5 Å². The van der Waals surface area contributed by atoms with Crippen LogP contribution in [-0.2, 0) is 11.4 Å². The lowest BCUT2D eigenvalue weighted by Crippen LogP contribution is -2.23. The lowest BCUT2D eigenvalue weighted by atomic mass is 10.1. The van der Waals surface area contributed by atoms with Crippen LogP contribution in [0.5, 0.6) is 5.75 Å². The third-order valence-corrected chi connectivity index (χ3v) is 3.28. The number of nitrogens with zero attached hydrogens (tertiary/aromatic N) is 1. The normalized spacial score (nSPS) is 12.9. The second-order valence-corrected chi connectivity index (χ2v) is 4.66. The Hall–Kier alpha value is -2.55. The van der Waals surface area contributed by atoms with Gasteiger partial charge in [0.1, 0.15) is 12.4 Å². The van der Waals surface area contributed by atoms with Gasteiger partial charge in [0.05, 0.1) is 5.69 Å². The first-order chi connectivity index (χ1) is 9.86. The molecular weight excluding hydrogens is 250 g/mol. The number of hydrogen-bond acceptors (Lipinski definition) is 2. The number of rotatable bonds is 4. The molecule has 0 aliphatic carbocycles. The third kappa shape index (κ3) is 2.57. The maximum Gasteiger partial charge on any atom is 0.214 e. The monoisotopic (exact) mass is 265 g/mol. The Kier molecular flexibility index (Phi) is 3.50. The number of hydrogen-bond donors (Lipinski definition) is 0. The molecule has 0 atom stereocenters. The van der Waals surface area contributed by atoms with Crippen LogP contribution < -0.4 is 9.64 Å². The van der Waals surface area contributed by atoms with E-state index in [0.717, 1.165) is 29.0 Å². The molecule has 0 saturated heterocycles. The zero-order chi connectivity index (χ0) is 13.8. The van der Waals surface area contributed by atoms with Crippen LogP contribution in [0.25, 0.3) is 6.08 Å². The second kappa shape index (κ2) is 5.61. The van der Waals surface area contributed by atoms with Crippen LogP contribution in [0, 0.1) is 0 Å². The van der Waals surface area contributed by atoms with Crippen molar-refractivity contribution in [2.24, 2.45) is 0 Å². The van der Waals surface area contributed by atoms with E-state index in [9.17, 15) is 4.79 Å². The predicted octanol–water partition coefficient (Wildman–Crippen LogP) is 3.26. The first-order valence-electron chi connectivity index (χ1n) is 6.56. The molecule has 1 heterocycles. The van der Waals surface area contributed by atoms with Gasteiger partial charge in [-0.3, -0.25) is 4.79 Å². The minimum Gasteiger partial charge on any atom is -0.489 e. The molecule has 1 amide bonds. The van der Waals surface area contributed by atoms with Crippen molar-refractivity contribution in [3.8, 4) is 5.75 Å². The van der Waals surface area contributed by atoms with Gasteiger partial charge in [0.15, 0.2) is 0 Å². The summed E-state index contributed by atoms with van der Waals surface area (Å²) >= 11 is 0. The van der Waals surface area contributed by atoms with E-state index in [1.54, 1.807) is 4.90 Å². The first-order valence-corrected chi connectivity index (χ1v) is 6.56. The van der Waals surface area contributed by atoms with Crippen LogP contribution in [0.4, 0.5) is 5.69 Å². The minimum absolute atomic E-state index is 0.542. The summed E-state index contributed by atoms with van der Waals surface area (Å²) in [7, 11) is 0. The Labute approximate surface area is 118 Å². The predicted molar refractivity (Wildman–Crippen MR) is 79.7 cm³/mol. The van der Waals surface area contributed by atoms with E-state index in [0.29, 0.717) is 13.2 Å². The molecule has 3 nitrogen and oxygen atoms in total. The Balaban J connectivity index is 1.76. The summed E-state index contributed by atoms with van der Waals surface area (Å²) in [6.07, 6.45) is 4.84. The fourth-order valence-electron chi connectivity index (χ4n) is 2.25. The number of fused-ring (bicyclic) bond motifs is 1. The number of ether oxygens (including phenoxy) is 1. The SMILES string of the molecule is O=CN1CC=Cc2cc(OCc3ccccc3)ccc21.